The summed E-state index contributed by atoms with van der Waals surface area (Å²) in [6, 6.07) is 2.53. The molecular weight excluding hydrogens is 315 g/mol. The van der Waals surface area contributed by atoms with Crippen LogP contribution in [-0.4, -0.2) is 27.4 Å². The third kappa shape index (κ3) is 2.99. The third-order valence-corrected chi connectivity index (χ3v) is 3.47. The summed E-state index contributed by atoms with van der Waals surface area (Å²) < 4.78 is 45.2. The van der Waals surface area contributed by atoms with E-state index in [9.17, 15) is 22.8 Å². The molecule has 1 heterocycles. The standard InChI is InChI=1S/C14H14F3N3O3/c1-8-10(14(15,16)17)5-4-6-11(8)19-7-18-20(13(19)22)9(2)12(21)23-3/h4-7,9H,1-3H3/t9-/m1/s1. The first-order valence-electron chi connectivity index (χ1n) is 6.59. The Bertz CT molecular complexity index is 793. The number of methoxy groups -OCH3 is 1. The van der Waals surface area contributed by atoms with E-state index in [1.807, 2.05) is 0 Å². The molecule has 0 aliphatic heterocycles. The van der Waals surface area contributed by atoms with Gasteiger partial charge in [0.2, 0.25) is 0 Å². The van der Waals surface area contributed by atoms with Gasteiger partial charge in [0.05, 0.1) is 18.4 Å². The van der Waals surface area contributed by atoms with Gasteiger partial charge < -0.3 is 4.74 Å². The number of halogens is 3. The molecule has 1 aromatic heterocycles. The van der Waals surface area contributed by atoms with Gasteiger partial charge in [-0.15, -0.1) is 0 Å². The molecule has 2 aromatic rings. The molecule has 124 valence electrons. The molecular formula is C14H14F3N3O3. The zero-order chi connectivity index (χ0) is 17.4. The van der Waals surface area contributed by atoms with Crippen LogP contribution in [0.4, 0.5) is 13.2 Å². The van der Waals surface area contributed by atoms with E-state index < -0.39 is 29.4 Å². The molecule has 0 amide bonds. The van der Waals surface area contributed by atoms with Gasteiger partial charge in [0, 0.05) is 0 Å². The highest BCUT2D eigenvalue weighted by molar-refractivity contribution is 5.73. The summed E-state index contributed by atoms with van der Waals surface area (Å²) in [7, 11) is 1.16. The normalized spacial score (nSPS) is 13.0. The smallest absolute Gasteiger partial charge is 0.416 e. The first-order chi connectivity index (χ1) is 10.7. The lowest BCUT2D eigenvalue weighted by atomic mass is 10.1. The molecule has 2 rings (SSSR count). The molecule has 9 heteroatoms. The summed E-state index contributed by atoms with van der Waals surface area (Å²) in [5, 5.41) is 3.78. The highest BCUT2D eigenvalue weighted by Gasteiger charge is 2.33. The number of carbonyl (C=O) groups is 1. The van der Waals surface area contributed by atoms with Gasteiger partial charge in [0.1, 0.15) is 6.33 Å². The van der Waals surface area contributed by atoms with Crippen LogP contribution >= 0.6 is 0 Å². The van der Waals surface area contributed by atoms with Gasteiger partial charge in [-0.2, -0.15) is 23.0 Å². The van der Waals surface area contributed by atoms with E-state index >= 15 is 0 Å². The summed E-state index contributed by atoms with van der Waals surface area (Å²) in [5.41, 5.74) is -1.62. The van der Waals surface area contributed by atoms with E-state index in [4.69, 9.17) is 0 Å². The molecule has 0 aliphatic carbocycles. The third-order valence-electron chi connectivity index (χ3n) is 3.47. The Kier molecular flexibility index (Phi) is 4.31. The fourth-order valence-corrected chi connectivity index (χ4v) is 2.21. The Labute approximate surface area is 129 Å². The molecule has 6 nitrogen and oxygen atoms in total. The summed E-state index contributed by atoms with van der Waals surface area (Å²) in [5.74, 6) is -0.682. The van der Waals surface area contributed by atoms with E-state index in [0.29, 0.717) is 0 Å². The van der Waals surface area contributed by atoms with Gasteiger partial charge >= 0.3 is 17.8 Å². The van der Waals surface area contributed by atoms with Crippen molar-refractivity contribution in [2.24, 2.45) is 0 Å². The second-order valence-corrected chi connectivity index (χ2v) is 4.87. The average molecular weight is 329 g/mol. The number of rotatable bonds is 3. The first kappa shape index (κ1) is 16.8. The van der Waals surface area contributed by atoms with Crippen molar-refractivity contribution in [3.63, 3.8) is 0 Å². The zero-order valence-corrected chi connectivity index (χ0v) is 12.6. The minimum atomic E-state index is -4.53. The molecule has 0 radical (unpaired) electrons. The quantitative estimate of drug-likeness (QED) is 0.809. The van der Waals surface area contributed by atoms with E-state index in [2.05, 4.69) is 9.84 Å². The highest BCUT2D eigenvalue weighted by Crippen LogP contribution is 2.33. The van der Waals surface area contributed by atoms with Gasteiger partial charge in [-0.05, 0) is 31.5 Å². The van der Waals surface area contributed by atoms with Crippen molar-refractivity contribution < 1.29 is 22.7 Å². The molecule has 0 spiro atoms. The van der Waals surface area contributed by atoms with Crippen molar-refractivity contribution in [3.05, 3.63) is 46.1 Å². The van der Waals surface area contributed by atoms with E-state index in [1.165, 1.54) is 26.0 Å². The summed E-state index contributed by atoms with van der Waals surface area (Å²) >= 11 is 0. The lowest BCUT2D eigenvalue weighted by Crippen LogP contribution is -2.31. The largest absolute Gasteiger partial charge is 0.467 e. The van der Waals surface area contributed by atoms with Crippen molar-refractivity contribution in [3.8, 4) is 5.69 Å². The van der Waals surface area contributed by atoms with Crippen LogP contribution in [0.1, 0.15) is 24.1 Å². The van der Waals surface area contributed by atoms with Crippen molar-refractivity contribution in [1.29, 1.82) is 0 Å². The minimum Gasteiger partial charge on any atom is -0.467 e. The average Bonchev–Trinajstić information content (AvgIpc) is 2.86. The second kappa shape index (κ2) is 5.90. The lowest BCUT2D eigenvalue weighted by molar-refractivity contribution is -0.144. The maximum Gasteiger partial charge on any atom is 0.416 e. The van der Waals surface area contributed by atoms with E-state index in [1.54, 1.807) is 0 Å². The summed E-state index contributed by atoms with van der Waals surface area (Å²) in [4.78, 5) is 23.8. The molecule has 23 heavy (non-hydrogen) atoms. The molecule has 0 unspecified atom stereocenters. The first-order valence-corrected chi connectivity index (χ1v) is 6.59. The van der Waals surface area contributed by atoms with E-state index in [0.717, 1.165) is 28.8 Å². The predicted molar refractivity (Wildman–Crippen MR) is 74.3 cm³/mol. The second-order valence-electron chi connectivity index (χ2n) is 4.87. The Morgan fingerprint density at radius 2 is 2.00 bits per heavy atom. The molecule has 0 saturated heterocycles. The van der Waals surface area contributed by atoms with Crippen LogP contribution < -0.4 is 5.69 Å². The number of ether oxygens (including phenoxy) is 1. The monoisotopic (exact) mass is 329 g/mol. The molecule has 0 saturated carbocycles. The number of esters is 1. The molecule has 0 N–H and O–H groups in total. The van der Waals surface area contributed by atoms with Crippen molar-refractivity contribution >= 4 is 5.97 Å². The maximum atomic E-state index is 13.0. The van der Waals surface area contributed by atoms with Crippen LogP contribution in [0.25, 0.3) is 5.69 Å². The van der Waals surface area contributed by atoms with Crippen molar-refractivity contribution in [1.82, 2.24) is 14.3 Å². The summed E-state index contributed by atoms with van der Waals surface area (Å²) in [6.45, 7) is 2.68. The van der Waals surface area contributed by atoms with Gasteiger partial charge in [-0.1, -0.05) is 6.07 Å². The van der Waals surface area contributed by atoms with Crippen LogP contribution in [0.3, 0.4) is 0 Å². The number of carbonyl (C=O) groups excluding carboxylic acids is 1. The van der Waals surface area contributed by atoms with Crippen molar-refractivity contribution in [2.75, 3.05) is 7.11 Å². The van der Waals surface area contributed by atoms with Crippen LogP contribution in [0.2, 0.25) is 0 Å². The predicted octanol–water partition coefficient (Wildman–Crippen LogP) is 2.10. The van der Waals surface area contributed by atoms with Crippen LogP contribution in [0.5, 0.6) is 0 Å². The highest BCUT2D eigenvalue weighted by atomic mass is 19.4. The number of hydrogen-bond donors (Lipinski definition) is 0. The van der Waals surface area contributed by atoms with Crippen LogP contribution in [0.15, 0.2) is 29.3 Å². The maximum absolute atomic E-state index is 13.0. The topological polar surface area (TPSA) is 66.1 Å². The zero-order valence-electron chi connectivity index (χ0n) is 12.6. The number of hydrogen-bond acceptors (Lipinski definition) is 4. The Morgan fingerprint density at radius 1 is 1.35 bits per heavy atom. The molecule has 1 aromatic carbocycles. The number of benzene rings is 1. The van der Waals surface area contributed by atoms with Crippen molar-refractivity contribution in [2.45, 2.75) is 26.1 Å². The fourth-order valence-electron chi connectivity index (χ4n) is 2.21. The van der Waals surface area contributed by atoms with E-state index in [-0.39, 0.29) is 11.3 Å². The molecule has 1 atom stereocenters. The van der Waals surface area contributed by atoms with Gasteiger partial charge in [-0.3, -0.25) is 0 Å². The Morgan fingerprint density at radius 3 is 2.57 bits per heavy atom. The minimum absolute atomic E-state index is 0.0492. The molecule has 0 bridgehead atoms. The van der Waals surface area contributed by atoms with Gasteiger partial charge in [0.25, 0.3) is 0 Å². The molecule has 0 fully saturated rings. The lowest BCUT2D eigenvalue weighted by Gasteiger charge is -2.13. The van der Waals surface area contributed by atoms with Crippen LogP contribution in [-0.2, 0) is 15.7 Å². The molecule has 0 aliphatic rings. The number of nitrogens with zero attached hydrogens (tertiary/aromatic N) is 3. The Hall–Kier alpha value is -2.58. The van der Waals surface area contributed by atoms with Gasteiger partial charge in [0.15, 0.2) is 6.04 Å². The number of alkyl halides is 3. The fraction of sp³-hybridized carbons (Fsp3) is 0.357. The number of aromatic nitrogens is 3. The SMILES string of the molecule is COC(=O)[C@@H](C)n1ncn(-c2cccc(C(F)(F)F)c2C)c1=O. The van der Waals surface area contributed by atoms with Crippen LogP contribution in [0, 0.1) is 6.92 Å². The summed E-state index contributed by atoms with van der Waals surface area (Å²) in [6.07, 6.45) is -3.46. The Balaban J connectivity index is 2.56. The van der Waals surface area contributed by atoms with Gasteiger partial charge in [-0.25, -0.2) is 14.2 Å².